The number of carbonyl (C=O) groups is 2. The van der Waals surface area contributed by atoms with Gasteiger partial charge in [0.25, 0.3) is 0 Å². The Balaban J connectivity index is 2.15. The minimum absolute atomic E-state index is 0.160. The Bertz CT molecular complexity index is 885. The number of hydrogen-bond donors (Lipinski definition) is 3. The number of allylic oxidation sites excluding steroid dienone is 1. The zero-order chi connectivity index (χ0) is 24.9. The molecule has 1 saturated heterocycles. The van der Waals surface area contributed by atoms with Gasteiger partial charge in [0.1, 0.15) is 6.04 Å². The number of β-amino-alcohol motifs (C(OH)–C–C–N with tert-alkyl or cyclic N) is 1. The molecule has 0 aromatic heterocycles. The van der Waals surface area contributed by atoms with Crippen molar-refractivity contribution in [1.29, 1.82) is 0 Å². The van der Waals surface area contributed by atoms with E-state index in [1.807, 2.05) is 57.4 Å². The third-order valence-electron chi connectivity index (χ3n) is 5.95. The van der Waals surface area contributed by atoms with Gasteiger partial charge in [0.15, 0.2) is 0 Å². The van der Waals surface area contributed by atoms with E-state index in [9.17, 15) is 14.7 Å². The molecular formula is C26H39N3O3S. The molecule has 33 heavy (non-hydrogen) atoms. The van der Waals surface area contributed by atoms with E-state index in [1.165, 1.54) is 15.4 Å². The average molecular weight is 474 g/mol. The van der Waals surface area contributed by atoms with E-state index in [4.69, 9.17) is 0 Å². The summed E-state index contributed by atoms with van der Waals surface area (Å²) in [4.78, 5) is 29.0. The van der Waals surface area contributed by atoms with Gasteiger partial charge < -0.3 is 20.6 Å². The topological polar surface area (TPSA) is 81.7 Å². The summed E-state index contributed by atoms with van der Waals surface area (Å²) in [5.74, 6) is -0.403. The molecule has 6 nitrogen and oxygen atoms in total. The normalized spacial score (nSPS) is 20.2. The van der Waals surface area contributed by atoms with Crippen LogP contribution in [-0.2, 0) is 9.59 Å². The second-order valence-electron chi connectivity index (χ2n) is 9.95. The minimum atomic E-state index is -0.707. The number of thioether (sulfide) groups is 1. The summed E-state index contributed by atoms with van der Waals surface area (Å²) >= 11 is 1.60. The first-order chi connectivity index (χ1) is 15.4. The van der Waals surface area contributed by atoms with Gasteiger partial charge in [0.2, 0.25) is 11.8 Å². The van der Waals surface area contributed by atoms with Crippen LogP contribution in [0.1, 0.15) is 65.1 Å². The molecule has 1 heterocycles. The largest absolute Gasteiger partial charge is 0.391 e. The first-order valence-electron chi connectivity index (χ1n) is 11.4. The molecule has 1 aromatic rings. The molecule has 0 radical (unpaired) electrons. The molecule has 0 bridgehead atoms. The summed E-state index contributed by atoms with van der Waals surface area (Å²) in [6.45, 7) is 16.0. The maximum Gasteiger partial charge on any atom is 0.243 e. The van der Waals surface area contributed by atoms with Crippen molar-refractivity contribution in [3.8, 4) is 0 Å². The maximum atomic E-state index is 13.2. The average Bonchev–Trinajstić information content (AvgIpc) is 3.13. The number of aliphatic hydroxyl groups is 1. The third kappa shape index (κ3) is 6.71. The summed E-state index contributed by atoms with van der Waals surface area (Å²) in [5, 5.41) is 18.2. The Morgan fingerprint density at radius 1 is 1.24 bits per heavy atom. The van der Waals surface area contributed by atoms with Crippen molar-refractivity contribution in [1.82, 2.24) is 15.5 Å². The second-order valence-corrected chi connectivity index (χ2v) is 10.9. The highest BCUT2D eigenvalue weighted by atomic mass is 32.2. The predicted octanol–water partition coefficient (Wildman–Crippen LogP) is 4.09. The molecule has 1 aliphatic heterocycles. The van der Waals surface area contributed by atoms with E-state index in [2.05, 4.69) is 31.1 Å². The number of nitrogens with zero attached hydrogens (tertiary/aromatic N) is 1. The fourth-order valence-corrected chi connectivity index (χ4v) is 4.95. The Hall–Kier alpha value is -2.09. The van der Waals surface area contributed by atoms with E-state index >= 15 is 0 Å². The lowest BCUT2D eigenvalue weighted by Gasteiger charge is -2.34. The first kappa shape index (κ1) is 27.2. The molecule has 2 rings (SSSR count). The molecule has 0 aliphatic carbocycles. The predicted molar refractivity (Wildman–Crippen MR) is 137 cm³/mol. The fraction of sp³-hybridized carbons (Fsp3) is 0.538. The van der Waals surface area contributed by atoms with Gasteiger partial charge in [-0.3, -0.25) is 9.59 Å². The first-order valence-corrected chi connectivity index (χ1v) is 12.3. The highest BCUT2D eigenvalue weighted by Crippen LogP contribution is 2.32. The molecule has 3 N–H and O–H groups in total. The van der Waals surface area contributed by atoms with E-state index in [0.717, 1.165) is 11.1 Å². The van der Waals surface area contributed by atoms with Crippen LogP contribution in [0.15, 0.2) is 41.8 Å². The maximum absolute atomic E-state index is 13.2. The molecule has 182 valence electrons. The molecule has 1 fully saturated rings. The van der Waals surface area contributed by atoms with Crippen LogP contribution in [0, 0.1) is 5.41 Å². The molecule has 4 atom stereocenters. The molecule has 7 heteroatoms. The van der Waals surface area contributed by atoms with Gasteiger partial charge in [-0.15, -0.1) is 0 Å². The van der Waals surface area contributed by atoms with Crippen molar-refractivity contribution in [2.45, 2.75) is 72.2 Å². The number of rotatable bonds is 8. The van der Waals surface area contributed by atoms with E-state index in [0.29, 0.717) is 0 Å². The molecule has 0 saturated carbocycles. The van der Waals surface area contributed by atoms with Crippen LogP contribution in [0.4, 0.5) is 0 Å². The summed E-state index contributed by atoms with van der Waals surface area (Å²) in [5.41, 5.74) is 2.98. The number of likely N-dealkylation sites (N-methyl/N-ethyl adjacent to an activating group) is 1. The van der Waals surface area contributed by atoms with Gasteiger partial charge in [-0.1, -0.05) is 69.0 Å². The van der Waals surface area contributed by atoms with Crippen molar-refractivity contribution < 1.29 is 14.7 Å². The minimum Gasteiger partial charge on any atom is -0.391 e. The van der Waals surface area contributed by atoms with Crippen molar-refractivity contribution in [2.75, 3.05) is 13.6 Å². The summed E-state index contributed by atoms with van der Waals surface area (Å²) in [6.07, 6.45) is -0.464. The zero-order valence-electron chi connectivity index (χ0n) is 20.9. The number of amides is 2. The van der Waals surface area contributed by atoms with Gasteiger partial charge in [0, 0.05) is 17.9 Å². The van der Waals surface area contributed by atoms with Gasteiger partial charge in [0.05, 0.1) is 18.2 Å². The summed E-state index contributed by atoms with van der Waals surface area (Å²) in [6, 6.07) is 6.76. The van der Waals surface area contributed by atoms with E-state index in [-0.39, 0.29) is 36.2 Å². The third-order valence-corrected chi connectivity index (χ3v) is 7.00. The van der Waals surface area contributed by atoms with Crippen LogP contribution in [0.3, 0.4) is 0 Å². The van der Waals surface area contributed by atoms with Gasteiger partial charge in [-0.05, 0) is 49.8 Å². The SMILES string of the molecule is C=CSC(=C(C)C)c1ccc([C@H](C)NC(=O)[C@@H]2C[C@@H](O)CN2C(=O)C(NC)C(C)(C)C)cc1. The highest BCUT2D eigenvalue weighted by molar-refractivity contribution is 8.10. The van der Waals surface area contributed by atoms with Crippen molar-refractivity contribution in [3.05, 3.63) is 53.0 Å². The molecule has 1 unspecified atom stereocenters. The number of benzene rings is 1. The molecule has 0 spiro atoms. The van der Waals surface area contributed by atoms with Crippen LogP contribution < -0.4 is 10.6 Å². The van der Waals surface area contributed by atoms with E-state index in [1.54, 1.807) is 18.8 Å². The molecular weight excluding hydrogens is 434 g/mol. The lowest BCUT2D eigenvalue weighted by molar-refractivity contribution is -0.142. The lowest BCUT2D eigenvalue weighted by atomic mass is 9.86. The van der Waals surface area contributed by atoms with Crippen molar-refractivity contribution in [3.63, 3.8) is 0 Å². The Kier molecular flexibility index (Phi) is 9.35. The number of hydrogen-bond acceptors (Lipinski definition) is 5. The van der Waals surface area contributed by atoms with E-state index < -0.39 is 18.2 Å². The monoisotopic (exact) mass is 473 g/mol. The number of likely N-dealkylation sites (tertiary alicyclic amines) is 1. The van der Waals surface area contributed by atoms with Gasteiger partial charge >= 0.3 is 0 Å². The quantitative estimate of drug-likeness (QED) is 0.530. The van der Waals surface area contributed by atoms with Crippen LogP contribution in [0.5, 0.6) is 0 Å². The molecule has 2 amide bonds. The number of nitrogens with one attached hydrogen (secondary N) is 2. The highest BCUT2D eigenvalue weighted by Gasteiger charge is 2.43. The van der Waals surface area contributed by atoms with Crippen LogP contribution in [-0.4, -0.2) is 53.6 Å². The smallest absolute Gasteiger partial charge is 0.243 e. The summed E-state index contributed by atoms with van der Waals surface area (Å²) < 4.78 is 0. The Morgan fingerprint density at radius 2 is 1.85 bits per heavy atom. The van der Waals surface area contributed by atoms with Gasteiger partial charge in [-0.2, -0.15) is 0 Å². The summed E-state index contributed by atoms with van der Waals surface area (Å²) in [7, 11) is 1.75. The molecule has 1 aliphatic rings. The van der Waals surface area contributed by atoms with Gasteiger partial charge in [-0.25, -0.2) is 0 Å². The fourth-order valence-electron chi connectivity index (χ4n) is 4.27. The van der Waals surface area contributed by atoms with Crippen molar-refractivity contribution >= 4 is 28.5 Å². The standard InChI is InChI=1S/C26H39N3O3S/c1-9-33-22(16(2)3)19-12-10-18(11-13-19)17(4)28-24(31)21-14-20(30)15-29(21)25(32)23(27-8)26(5,6)7/h9-13,17,20-21,23,27,30H,1,14-15H2,2-8H3,(H,28,31)/t17-,20+,21-,23?/m0/s1. The second kappa shape index (κ2) is 11.4. The Morgan fingerprint density at radius 3 is 2.33 bits per heavy atom. The van der Waals surface area contributed by atoms with Crippen LogP contribution >= 0.6 is 11.8 Å². The van der Waals surface area contributed by atoms with Crippen molar-refractivity contribution in [2.24, 2.45) is 5.41 Å². The zero-order valence-corrected chi connectivity index (χ0v) is 21.8. The molecule has 1 aromatic carbocycles. The lowest BCUT2D eigenvalue weighted by Crippen LogP contribution is -2.56. The van der Waals surface area contributed by atoms with Crippen LogP contribution in [0.2, 0.25) is 0 Å². The van der Waals surface area contributed by atoms with Crippen LogP contribution in [0.25, 0.3) is 4.91 Å². The number of aliphatic hydroxyl groups excluding tert-OH is 1. The Labute approximate surface area is 202 Å². The number of carbonyl (C=O) groups excluding carboxylic acids is 2.